The number of nitrogens with two attached hydrogens (primary N) is 1. The zero-order chi connectivity index (χ0) is 13.8. The second-order valence-corrected chi connectivity index (χ2v) is 4.92. The van der Waals surface area contributed by atoms with Crippen molar-refractivity contribution in [3.8, 4) is 0 Å². The standard InChI is InChI=1S/C13H16ClN3O2/c14-11-6-9(13(15)19)2-3-10(11)8-17-5-1-4-16-7-12(17)18/h2-3,6,16H,1,4-5,7-8H2,(H2,15,19). The van der Waals surface area contributed by atoms with Crippen LogP contribution in [0, 0.1) is 0 Å². The first kappa shape index (κ1) is 13.8. The van der Waals surface area contributed by atoms with Crippen molar-refractivity contribution in [2.45, 2.75) is 13.0 Å². The number of carbonyl (C=O) groups excluding carboxylic acids is 2. The molecule has 6 heteroatoms. The highest BCUT2D eigenvalue weighted by molar-refractivity contribution is 6.31. The molecule has 1 aromatic carbocycles. The van der Waals surface area contributed by atoms with Crippen LogP contribution < -0.4 is 11.1 Å². The van der Waals surface area contributed by atoms with E-state index in [-0.39, 0.29) is 5.91 Å². The molecule has 1 aromatic rings. The Kier molecular flexibility index (Phi) is 4.39. The average molecular weight is 282 g/mol. The molecule has 0 bridgehead atoms. The lowest BCUT2D eigenvalue weighted by Crippen LogP contribution is -2.34. The fraction of sp³-hybridized carbons (Fsp3) is 0.385. The van der Waals surface area contributed by atoms with E-state index >= 15 is 0 Å². The molecule has 1 heterocycles. The van der Waals surface area contributed by atoms with Crippen molar-refractivity contribution in [1.82, 2.24) is 10.2 Å². The molecule has 0 saturated carbocycles. The van der Waals surface area contributed by atoms with Gasteiger partial charge in [-0.25, -0.2) is 0 Å². The summed E-state index contributed by atoms with van der Waals surface area (Å²) in [5, 5.41) is 3.53. The van der Waals surface area contributed by atoms with Gasteiger partial charge in [0.2, 0.25) is 11.8 Å². The molecule has 0 radical (unpaired) electrons. The topological polar surface area (TPSA) is 75.4 Å². The van der Waals surface area contributed by atoms with Gasteiger partial charge in [-0.15, -0.1) is 0 Å². The smallest absolute Gasteiger partial charge is 0.248 e. The zero-order valence-corrected chi connectivity index (χ0v) is 11.2. The number of primary amides is 1. The Hall–Kier alpha value is -1.59. The average Bonchev–Trinajstić information content (AvgIpc) is 2.57. The van der Waals surface area contributed by atoms with Gasteiger partial charge in [-0.05, 0) is 30.7 Å². The van der Waals surface area contributed by atoms with E-state index in [1.807, 2.05) is 0 Å². The molecular formula is C13H16ClN3O2. The first-order chi connectivity index (χ1) is 9.08. The summed E-state index contributed by atoms with van der Waals surface area (Å²) in [5.74, 6) is -0.448. The van der Waals surface area contributed by atoms with Crippen LogP contribution in [0.15, 0.2) is 18.2 Å². The van der Waals surface area contributed by atoms with Crippen molar-refractivity contribution < 1.29 is 9.59 Å². The fourth-order valence-corrected chi connectivity index (χ4v) is 2.27. The Labute approximate surface area is 116 Å². The van der Waals surface area contributed by atoms with Crippen LogP contribution in [0.2, 0.25) is 5.02 Å². The normalized spacial score (nSPS) is 16.3. The molecule has 102 valence electrons. The Balaban J connectivity index is 2.14. The molecule has 19 heavy (non-hydrogen) atoms. The number of hydrogen-bond acceptors (Lipinski definition) is 3. The van der Waals surface area contributed by atoms with E-state index in [9.17, 15) is 9.59 Å². The largest absolute Gasteiger partial charge is 0.366 e. The molecule has 0 spiro atoms. The van der Waals surface area contributed by atoms with Gasteiger partial charge in [0.05, 0.1) is 6.54 Å². The van der Waals surface area contributed by atoms with Crippen LogP contribution in [-0.2, 0) is 11.3 Å². The fourth-order valence-electron chi connectivity index (χ4n) is 2.03. The van der Waals surface area contributed by atoms with Gasteiger partial charge < -0.3 is 16.0 Å². The predicted octanol–water partition coefficient (Wildman–Crippen LogP) is 0.761. The Morgan fingerprint density at radius 2 is 2.26 bits per heavy atom. The van der Waals surface area contributed by atoms with Crippen molar-refractivity contribution in [2.24, 2.45) is 5.73 Å². The molecule has 5 nitrogen and oxygen atoms in total. The SMILES string of the molecule is NC(=O)c1ccc(CN2CCCNCC2=O)c(Cl)c1. The molecule has 1 fully saturated rings. The van der Waals surface area contributed by atoms with Crippen molar-refractivity contribution >= 4 is 23.4 Å². The van der Waals surface area contributed by atoms with Crippen LogP contribution in [-0.4, -0.2) is 36.3 Å². The van der Waals surface area contributed by atoms with E-state index in [4.69, 9.17) is 17.3 Å². The highest BCUT2D eigenvalue weighted by atomic mass is 35.5. The molecular weight excluding hydrogens is 266 g/mol. The van der Waals surface area contributed by atoms with E-state index < -0.39 is 5.91 Å². The molecule has 2 rings (SSSR count). The van der Waals surface area contributed by atoms with Crippen molar-refractivity contribution in [3.05, 3.63) is 34.3 Å². The van der Waals surface area contributed by atoms with Gasteiger partial charge in [-0.1, -0.05) is 17.7 Å². The molecule has 2 amide bonds. The van der Waals surface area contributed by atoms with E-state index in [0.29, 0.717) is 30.2 Å². The Morgan fingerprint density at radius 3 is 2.95 bits per heavy atom. The van der Waals surface area contributed by atoms with Gasteiger partial charge in [-0.3, -0.25) is 9.59 Å². The number of halogens is 1. The van der Waals surface area contributed by atoms with Crippen LogP contribution in [0.25, 0.3) is 0 Å². The second kappa shape index (κ2) is 6.04. The van der Waals surface area contributed by atoms with E-state index in [0.717, 1.165) is 18.5 Å². The first-order valence-electron chi connectivity index (χ1n) is 6.14. The molecule has 3 N–H and O–H groups in total. The van der Waals surface area contributed by atoms with E-state index in [1.165, 1.54) is 0 Å². The third-order valence-electron chi connectivity index (χ3n) is 3.11. The molecule has 1 aliphatic heterocycles. The molecule has 1 aliphatic rings. The van der Waals surface area contributed by atoms with Gasteiger partial charge >= 0.3 is 0 Å². The van der Waals surface area contributed by atoms with Crippen LogP contribution in [0.4, 0.5) is 0 Å². The summed E-state index contributed by atoms with van der Waals surface area (Å²) >= 11 is 6.12. The summed E-state index contributed by atoms with van der Waals surface area (Å²) in [7, 11) is 0. The lowest BCUT2D eigenvalue weighted by atomic mass is 10.1. The Morgan fingerprint density at radius 1 is 1.47 bits per heavy atom. The summed E-state index contributed by atoms with van der Waals surface area (Å²) in [6.45, 7) is 2.37. The predicted molar refractivity (Wildman–Crippen MR) is 72.9 cm³/mol. The van der Waals surface area contributed by atoms with Gasteiger partial charge in [0.1, 0.15) is 0 Å². The molecule has 0 aliphatic carbocycles. The number of hydrogen-bond donors (Lipinski definition) is 2. The maximum Gasteiger partial charge on any atom is 0.248 e. The maximum atomic E-state index is 11.9. The molecule has 0 unspecified atom stereocenters. The van der Waals surface area contributed by atoms with Gasteiger partial charge in [-0.2, -0.15) is 0 Å². The zero-order valence-electron chi connectivity index (χ0n) is 10.5. The number of nitrogens with zero attached hydrogens (tertiary/aromatic N) is 1. The number of nitrogens with one attached hydrogen (secondary N) is 1. The third-order valence-corrected chi connectivity index (χ3v) is 3.46. The molecule has 0 aromatic heterocycles. The number of benzene rings is 1. The van der Waals surface area contributed by atoms with Gasteiger partial charge in [0.15, 0.2) is 0 Å². The Bertz CT molecular complexity index is 505. The second-order valence-electron chi connectivity index (χ2n) is 4.52. The van der Waals surface area contributed by atoms with Crippen molar-refractivity contribution in [2.75, 3.05) is 19.6 Å². The van der Waals surface area contributed by atoms with E-state index in [2.05, 4.69) is 5.32 Å². The summed E-state index contributed by atoms with van der Waals surface area (Å²) in [6.07, 6.45) is 0.919. The van der Waals surface area contributed by atoms with Crippen LogP contribution in [0.1, 0.15) is 22.3 Å². The van der Waals surface area contributed by atoms with Gasteiger partial charge in [0, 0.05) is 23.7 Å². The lowest BCUT2D eigenvalue weighted by Gasteiger charge is -2.21. The van der Waals surface area contributed by atoms with Crippen molar-refractivity contribution in [1.29, 1.82) is 0 Å². The van der Waals surface area contributed by atoms with E-state index in [1.54, 1.807) is 23.1 Å². The summed E-state index contributed by atoms with van der Waals surface area (Å²) < 4.78 is 0. The monoisotopic (exact) mass is 281 g/mol. The number of rotatable bonds is 3. The maximum absolute atomic E-state index is 11.9. The van der Waals surface area contributed by atoms with Crippen LogP contribution in [0.3, 0.4) is 0 Å². The summed E-state index contributed by atoms with van der Waals surface area (Å²) in [4.78, 5) is 24.7. The lowest BCUT2D eigenvalue weighted by molar-refractivity contribution is -0.130. The third kappa shape index (κ3) is 3.45. The number of carbonyl (C=O) groups is 2. The minimum atomic E-state index is -0.511. The highest BCUT2D eigenvalue weighted by Crippen LogP contribution is 2.20. The minimum Gasteiger partial charge on any atom is -0.366 e. The quantitative estimate of drug-likeness (QED) is 0.859. The van der Waals surface area contributed by atoms with Crippen LogP contribution >= 0.6 is 11.6 Å². The minimum absolute atomic E-state index is 0.0625. The van der Waals surface area contributed by atoms with Gasteiger partial charge in [0.25, 0.3) is 0 Å². The van der Waals surface area contributed by atoms with Crippen LogP contribution in [0.5, 0.6) is 0 Å². The molecule has 0 atom stereocenters. The first-order valence-corrected chi connectivity index (χ1v) is 6.52. The van der Waals surface area contributed by atoms with Crippen molar-refractivity contribution in [3.63, 3.8) is 0 Å². The summed E-state index contributed by atoms with van der Waals surface area (Å²) in [6, 6.07) is 4.91. The number of amides is 2. The summed E-state index contributed by atoms with van der Waals surface area (Å²) in [5.41, 5.74) is 6.38. The molecule has 1 saturated heterocycles. The highest BCUT2D eigenvalue weighted by Gasteiger charge is 2.17.